The van der Waals surface area contributed by atoms with Crippen molar-refractivity contribution in [3.63, 3.8) is 0 Å². The van der Waals surface area contributed by atoms with Gasteiger partial charge in [0, 0.05) is 53.4 Å². The first-order valence-corrected chi connectivity index (χ1v) is 10.3. The van der Waals surface area contributed by atoms with E-state index >= 15 is 0 Å². The molecule has 164 valence electrons. The van der Waals surface area contributed by atoms with Gasteiger partial charge in [0.05, 0.1) is 6.54 Å². The van der Waals surface area contributed by atoms with Gasteiger partial charge < -0.3 is 15.2 Å². The minimum absolute atomic E-state index is 0.105. The fourth-order valence-corrected chi connectivity index (χ4v) is 3.39. The summed E-state index contributed by atoms with van der Waals surface area (Å²) in [4.78, 5) is 22.1. The third-order valence-corrected chi connectivity index (χ3v) is 5.04. The van der Waals surface area contributed by atoms with Gasteiger partial charge in [-0.1, -0.05) is 23.7 Å². The van der Waals surface area contributed by atoms with Gasteiger partial charge in [0.1, 0.15) is 7.11 Å². The summed E-state index contributed by atoms with van der Waals surface area (Å²) in [5.74, 6) is 0.114. The highest BCUT2D eigenvalue weighted by Gasteiger charge is 2.23. The van der Waals surface area contributed by atoms with Crippen LogP contribution in [0.5, 0.6) is 0 Å². The second-order valence-electron chi connectivity index (χ2n) is 6.99. The quantitative estimate of drug-likeness (QED) is 0.370. The highest BCUT2D eigenvalue weighted by molar-refractivity contribution is 6.30. The molecule has 7 nitrogen and oxygen atoms in total. The van der Waals surface area contributed by atoms with E-state index in [0.717, 1.165) is 11.3 Å². The molecule has 0 aliphatic carbocycles. The minimum Gasteiger partial charge on any atom is -0.362 e. The van der Waals surface area contributed by atoms with Crippen molar-refractivity contribution in [1.29, 1.82) is 0 Å². The zero-order valence-electron chi connectivity index (χ0n) is 17.5. The summed E-state index contributed by atoms with van der Waals surface area (Å²) in [5, 5.41) is 6.82. The standard InChI is InChI=1S/C22H26ClFN5O2/c1-16-13-26-21(27-15-19(24)20-8-3-4-10-29(20)31-2)22(30)28(16)11-9-25-14-17-6-5-7-18(23)12-17/h3-8,10,12-13,19,25H,9,11,14-15H2,1-2H3,(H,26,27)/q+1. The average molecular weight is 447 g/mol. The van der Waals surface area contributed by atoms with Crippen LogP contribution in [0.25, 0.3) is 0 Å². The molecule has 1 atom stereocenters. The van der Waals surface area contributed by atoms with E-state index in [0.29, 0.717) is 30.4 Å². The number of hydrogen-bond acceptors (Lipinski definition) is 5. The van der Waals surface area contributed by atoms with Crippen LogP contribution in [0.1, 0.15) is 23.1 Å². The van der Waals surface area contributed by atoms with E-state index in [4.69, 9.17) is 16.4 Å². The molecular formula is C22H26ClFN5O2+. The Morgan fingerprint density at radius 2 is 2.13 bits per heavy atom. The molecule has 31 heavy (non-hydrogen) atoms. The number of halogens is 2. The number of alkyl halides is 1. The summed E-state index contributed by atoms with van der Waals surface area (Å²) in [6.45, 7) is 3.40. The SMILES string of the molecule is CO[n+]1ccccc1C(F)CNc1ncc(C)n(CCNCc2cccc(Cl)c2)c1=O. The van der Waals surface area contributed by atoms with Crippen molar-refractivity contribution in [2.75, 3.05) is 25.5 Å². The molecule has 0 aliphatic rings. The third-order valence-electron chi connectivity index (χ3n) is 4.80. The summed E-state index contributed by atoms with van der Waals surface area (Å²) < 4.78 is 17.7. The Morgan fingerprint density at radius 1 is 1.29 bits per heavy atom. The van der Waals surface area contributed by atoms with Crippen LogP contribution in [0.2, 0.25) is 5.02 Å². The molecule has 2 aromatic heterocycles. The molecule has 0 bridgehead atoms. The predicted octanol–water partition coefficient (Wildman–Crippen LogP) is 2.46. The zero-order valence-corrected chi connectivity index (χ0v) is 18.3. The first-order chi connectivity index (χ1) is 15.0. The van der Waals surface area contributed by atoms with E-state index in [1.807, 2.05) is 31.2 Å². The minimum atomic E-state index is -1.38. The van der Waals surface area contributed by atoms with Crippen LogP contribution < -0.4 is 25.8 Å². The van der Waals surface area contributed by atoms with Crippen LogP contribution in [-0.4, -0.2) is 29.8 Å². The second-order valence-corrected chi connectivity index (χ2v) is 7.43. The predicted molar refractivity (Wildman–Crippen MR) is 118 cm³/mol. The molecular weight excluding hydrogens is 421 g/mol. The molecule has 3 aromatic rings. The van der Waals surface area contributed by atoms with Crippen LogP contribution in [0.3, 0.4) is 0 Å². The lowest BCUT2D eigenvalue weighted by molar-refractivity contribution is -0.892. The fourth-order valence-electron chi connectivity index (χ4n) is 3.18. The number of aryl methyl sites for hydroxylation is 1. The van der Waals surface area contributed by atoms with Crippen LogP contribution in [0.15, 0.2) is 59.7 Å². The largest absolute Gasteiger partial charge is 0.362 e. The van der Waals surface area contributed by atoms with E-state index in [9.17, 15) is 9.18 Å². The number of anilines is 1. The Morgan fingerprint density at radius 3 is 2.90 bits per heavy atom. The van der Waals surface area contributed by atoms with Crippen molar-refractivity contribution < 1.29 is 14.0 Å². The van der Waals surface area contributed by atoms with Gasteiger partial charge in [-0.3, -0.25) is 9.63 Å². The van der Waals surface area contributed by atoms with Crippen molar-refractivity contribution >= 4 is 17.4 Å². The Balaban J connectivity index is 1.60. The summed E-state index contributed by atoms with van der Waals surface area (Å²) in [7, 11) is 1.46. The molecule has 0 saturated carbocycles. The van der Waals surface area contributed by atoms with E-state index in [1.165, 1.54) is 11.8 Å². The van der Waals surface area contributed by atoms with E-state index < -0.39 is 6.17 Å². The highest BCUT2D eigenvalue weighted by atomic mass is 35.5. The van der Waals surface area contributed by atoms with E-state index in [1.54, 1.807) is 35.2 Å². The molecule has 0 fully saturated rings. The summed E-state index contributed by atoms with van der Waals surface area (Å²) in [6, 6.07) is 12.7. The monoisotopic (exact) mass is 446 g/mol. The van der Waals surface area contributed by atoms with E-state index in [2.05, 4.69) is 15.6 Å². The lowest BCUT2D eigenvalue weighted by Crippen LogP contribution is -2.45. The smallest absolute Gasteiger partial charge is 0.293 e. The fraction of sp³-hybridized carbons (Fsp3) is 0.318. The Hall–Kier alpha value is -2.97. The van der Waals surface area contributed by atoms with Gasteiger partial charge in [-0.15, -0.1) is 0 Å². The molecule has 0 aliphatic heterocycles. The Labute approximate surface area is 185 Å². The molecule has 0 saturated heterocycles. The summed E-state index contributed by atoms with van der Waals surface area (Å²) >= 11 is 6.00. The van der Waals surface area contributed by atoms with Crippen LogP contribution in [-0.2, 0) is 13.1 Å². The van der Waals surface area contributed by atoms with E-state index in [-0.39, 0.29) is 17.9 Å². The average Bonchev–Trinajstić information content (AvgIpc) is 2.77. The molecule has 0 amide bonds. The normalized spacial score (nSPS) is 11.9. The van der Waals surface area contributed by atoms with Crippen molar-refractivity contribution in [1.82, 2.24) is 14.9 Å². The maximum atomic E-state index is 14.7. The number of aromatic nitrogens is 3. The van der Waals surface area contributed by atoms with Gasteiger partial charge in [0.15, 0.2) is 5.82 Å². The molecule has 1 aromatic carbocycles. The second kappa shape index (κ2) is 10.9. The number of benzene rings is 1. The van der Waals surface area contributed by atoms with Gasteiger partial charge in [-0.2, -0.15) is 0 Å². The van der Waals surface area contributed by atoms with Gasteiger partial charge >= 0.3 is 0 Å². The molecule has 2 heterocycles. The van der Waals surface area contributed by atoms with Gasteiger partial charge in [-0.05, 0) is 30.7 Å². The first kappa shape index (κ1) is 22.7. The third kappa shape index (κ3) is 6.02. The van der Waals surface area contributed by atoms with Crippen molar-refractivity contribution in [2.45, 2.75) is 26.2 Å². The Bertz CT molecular complexity index is 1080. The van der Waals surface area contributed by atoms with Crippen molar-refractivity contribution in [3.8, 4) is 0 Å². The number of nitrogens with zero attached hydrogens (tertiary/aromatic N) is 3. The summed E-state index contributed by atoms with van der Waals surface area (Å²) in [5.41, 5.74) is 1.86. The maximum Gasteiger partial charge on any atom is 0.293 e. The Kier molecular flexibility index (Phi) is 7.97. The van der Waals surface area contributed by atoms with Crippen molar-refractivity contribution in [2.24, 2.45) is 0 Å². The zero-order chi connectivity index (χ0) is 22.2. The number of hydrogen-bond donors (Lipinski definition) is 2. The van der Waals surface area contributed by atoms with Crippen LogP contribution in [0, 0.1) is 6.92 Å². The number of nitrogens with one attached hydrogen (secondary N) is 2. The van der Waals surface area contributed by atoms with Gasteiger partial charge in [0.25, 0.3) is 11.3 Å². The number of pyridine rings is 1. The summed E-state index contributed by atoms with van der Waals surface area (Å²) in [6.07, 6.45) is 1.85. The molecule has 3 rings (SSSR count). The van der Waals surface area contributed by atoms with Crippen LogP contribution >= 0.6 is 11.6 Å². The molecule has 2 N–H and O–H groups in total. The first-order valence-electron chi connectivity index (χ1n) is 9.94. The lowest BCUT2D eigenvalue weighted by Gasteiger charge is -2.13. The molecule has 9 heteroatoms. The van der Waals surface area contributed by atoms with Gasteiger partial charge in [0.2, 0.25) is 12.4 Å². The van der Waals surface area contributed by atoms with Crippen LogP contribution in [0.4, 0.5) is 10.2 Å². The van der Waals surface area contributed by atoms with Crippen molar-refractivity contribution in [3.05, 3.63) is 87.2 Å². The number of rotatable bonds is 10. The molecule has 0 spiro atoms. The topological polar surface area (TPSA) is 72.1 Å². The maximum absolute atomic E-state index is 14.7. The molecule has 1 unspecified atom stereocenters. The highest BCUT2D eigenvalue weighted by Crippen LogP contribution is 2.13. The van der Waals surface area contributed by atoms with Gasteiger partial charge in [-0.25, -0.2) is 9.37 Å². The lowest BCUT2D eigenvalue weighted by atomic mass is 10.2. The molecule has 0 radical (unpaired) electrons.